The van der Waals surface area contributed by atoms with E-state index in [-0.39, 0.29) is 12.1 Å². The minimum atomic E-state index is -0.0155. The van der Waals surface area contributed by atoms with Crippen molar-refractivity contribution in [3.63, 3.8) is 0 Å². The van der Waals surface area contributed by atoms with E-state index in [0.717, 1.165) is 61.6 Å². The van der Waals surface area contributed by atoms with Crippen molar-refractivity contribution in [3.05, 3.63) is 77.4 Å². The van der Waals surface area contributed by atoms with Gasteiger partial charge in [-0.05, 0) is 74.1 Å². The van der Waals surface area contributed by atoms with Crippen LogP contribution in [0.5, 0.6) is 5.75 Å². The highest BCUT2D eigenvalue weighted by Gasteiger charge is 2.41. The summed E-state index contributed by atoms with van der Waals surface area (Å²) in [6, 6.07) is 16.6. The van der Waals surface area contributed by atoms with Crippen LogP contribution in [0.1, 0.15) is 34.7 Å². The maximum Gasteiger partial charge on any atom is 0.170 e. The van der Waals surface area contributed by atoms with Crippen LogP contribution >= 0.6 is 12.2 Å². The molecule has 184 valence electrons. The van der Waals surface area contributed by atoms with Gasteiger partial charge in [0.15, 0.2) is 5.11 Å². The van der Waals surface area contributed by atoms with Gasteiger partial charge in [0.1, 0.15) is 5.75 Å². The Labute approximate surface area is 212 Å². The molecular weight excluding hydrogens is 458 g/mol. The van der Waals surface area contributed by atoms with Crippen molar-refractivity contribution in [2.45, 2.75) is 25.9 Å². The highest BCUT2D eigenvalue weighted by molar-refractivity contribution is 7.80. The number of pyridine rings is 1. The average Bonchev–Trinajstić information content (AvgIpc) is 3.38. The zero-order chi connectivity index (χ0) is 24.4. The number of aryl methyl sites for hydroxylation is 1. The fourth-order valence-corrected chi connectivity index (χ4v) is 5.61. The van der Waals surface area contributed by atoms with Gasteiger partial charge in [0, 0.05) is 49.5 Å². The Morgan fingerprint density at radius 2 is 1.86 bits per heavy atom. The van der Waals surface area contributed by atoms with Crippen LogP contribution in [0, 0.1) is 13.8 Å². The number of ether oxygens (including phenoxy) is 2. The molecular formula is C27H33N5O2S. The number of benzene rings is 1. The summed E-state index contributed by atoms with van der Waals surface area (Å²) < 4.78 is 13.2. The maximum absolute atomic E-state index is 5.89. The summed E-state index contributed by atoms with van der Waals surface area (Å²) in [5.74, 6) is 0.853. The Kier molecular flexibility index (Phi) is 7.04. The number of hydrogen-bond acceptors (Lipinski definition) is 5. The first-order valence-electron chi connectivity index (χ1n) is 12.2. The van der Waals surface area contributed by atoms with E-state index in [9.17, 15) is 0 Å². The molecule has 0 radical (unpaired) electrons. The Balaban J connectivity index is 1.51. The number of rotatable bonds is 7. The summed E-state index contributed by atoms with van der Waals surface area (Å²) in [6.45, 7) is 9.69. The number of hydrogen-bond donors (Lipinski definition) is 1. The first-order chi connectivity index (χ1) is 17.1. The maximum atomic E-state index is 5.89. The van der Waals surface area contributed by atoms with Crippen LogP contribution in [0.15, 0.2) is 54.7 Å². The lowest BCUT2D eigenvalue weighted by molar-refractivity contribution is 0.0350. The molecule has 2 saturated heterocycles. The lowest BCUT2D eigenvalue weighted by Crippen LogP contribution is -2.42. The van der Waals surface area contributed by atoms with Crippen LogP contribution in [-0.4, -0.2) is 71.0 Å². The molecule has 35 heavy (non-hydrogen) atoms. The van der Waals surface area contributed by atoms with Crippen molar-refractivity contribution in [3.8, 4) is 11.4 Å². The first-order valence-corrected chi connectivity index (χ1v) is 12.6. The standard InChI is InChI=1S/C27H33N5O2S/c1-19-18-23(20(2)32(19)21-7-9-22(33-3)10-8-21)26-25(24-6-4-5-11-28-24)29-27(35)31(26)13-12-30-14-16-34-17-15-30/h4-11,18,25-26H,12-17H2,1-3H3,(H,29,35)/t25-,26-/m0/s1. The summed E-state index contributed by atoms with van der Waals surface area (Å²) >= 11 is 5.89. The van der Waals surface area contributed by atoms with Crippen molar-refractivity contribution >= 4 is 17.3 Å². The smallest absolute Gasteiger partial charge is 0.170 e. The van der Waals surface area contributed by atoms with Crippen LogP contribution in [0.3, 0.4) is 0 Å². The van der Waals surface area contributed by atoms with Crippen LogP contribution in [0.2, 0.25) is 0 Å². The molecule has 0 spiro atoms. The lowest BCUT2D eigenvalue weighted by Gasteiger charge is -2.32. The molecule has 2 fully saturated rings. The molecule has 8 heteroatoms. The average molecular weight is 492 g/mol. The van der Waals surface area contributed by atoms with Crippen molar-refractivity contribution in [1.29, 1.82) is 0 Å². The van der Waals surface area contributed by atoms with Crippen molar-refractivity contribution < 1.29 is 9.47 Å². The van der Waals surface area contributed by atoms with Gasteiger partial charge in [0.05, 0.1) is 38.1 Å². The topological polar surface area (TPSA) is 54.8 Å². The zero-order valence-electron chi connectivity index (χ0n) is 20.6. The SMILES string of the molecule is COc1ccc(-n2c(C)cc([C@H]3[C@H](c4ccccn4)NC(=S)N3CCN3CCOCC3)c2C)cc1. The van der Waals surface area contributed by atoms with Gasteiger partial charge in [0.25, 0.3) is 0 Å². The normalized spacial score (nSPS) is 20.8. The van der Waals surface area contributed by atoms with Gasteiger partial charge < -0.3 is 24.3 Å². The lowest BCUT2D eigenvalue weighted by atomic mass is 9.96. The van der Waals surface area contributed by atoms with Crippen molar-refractivity contribution in [2.24, 2.45) is 0 Å². The van der Waals surface area contributed by atoms with E-state index < -0.39 is 0 Å². The second-order valence-electron chi connectivity index (χ2n) is 9.13. The zero-order valence-corrected chi connectivity index (χ0v) is 21.4. The molecule has 2 atom stereocenters. The van der Waals surface area contributed by atoms with E-state index >= 15 is 0 Å². The molecule has 2 aliphatic heterocycles. The predicted molar refractivity (Wildman–Crippen MR) is 141 cm³/mol. The van der Waals surface area contributed by atoms with E-state index in [1.807, 2.05) is 30.5 Å². The summed E-state index contributed by atoms with van der Waals surface area (Å²) in [6.07, 6.45) is 1.86. The highest BCUT2D eigenvalue weighted by atomic mass is 32.1. The molecule has 0 aliphatic carbocycles. The van der Waals surface area contributed by atoms with E-state index in [1.165, 1.54) is 17.0 Å². The van der Waals surface area contributed by atoms with E-state index in [2.05, 4.69) is 57.8 Å². The number of nitrogens with zero attached hydrogens (tertiary/aromatic N) is 4. The third-order valence-electron chi connectivity index (χ3n) is 7.08. The van der Waals surface area contributed by atoms with Crippen LogP contribution < -0.4 is 10.1 Å². The minimum absolute atomic E-state index is 0.0155. The van der Waals surface area contributed by atoms with Crippen LogP contribution in [0.25, 0.3) is 5.69 Å². The van der Waals surface area contributed by atoms with Crippen LogP contribution in [-0.2, 0) is 4.74 Å². The van der Waals surface area contributed by atoms with Gasteiger partial charge in [-0.1, -0.05) is 6.07 Å². The molecule has 2 aliphatic rings. The number of thiocarbonyl (C=S) groups is 1. The fraction of sp³-hybridized carbons (Fsp3) is 0.407. The Morgan fingerprint density at radius 1 is 1.09 bits per heavy atom. The van der Waals surface area contributed by atoms with Gasteiger partial charge in [0.2, 0.25) is 0 Å². The second kappa shape index (κ2) is 10.4. The first kappa shape index (κ1) is 23.8. The molecule has 2 aromatic heterocycles. The summed E-state index contributed by atoms with van der Waals surface area (Å²) in [4.78, 5) is 9.50. The van der Waals surface area contributed by atoms with Crippen molar-refractivity contribution in [2.75, 3.05) is 46.5 Å². The van der Waals surface area contributed by atoms with Crippen molar-refractivity contribution in [1.82, 2.24) is 24.7 Å². The number of methoxy groups -OCH3 is 1. The second-order valence-corrected chi connectivity index (χ2v) is 9.52. The fourth-order valence-electron chi connectivity index (χ4n) is 5.27. The Morgan fingerprint density at radius 3 is 2.54 bits per heavy atom. The molecule has 1 aromatic carbocycles. The number of nitrogens with one attached hydrogen (secondary N) is 1. The largest absolute Gasteiger partial charge is 0.497 e. The summed E-state index contributed by atoms with van der Waals surface area (Å²) in [5, 5.41) is 4.38. The van der Waals surface area contributed by atoms with Gasteiger partial charge in [-0.15, -0.1) is 0 Å². The minimum Gasteiger partial charge on any atom is -0.497 e. The molecule has 0 saturated carbocycles. The van der Waals surface area contributed by atoms with Gasteiger partial charge in [-0.25, -0.2) is 0 Å². The highest BCUT2D eigenvalue weighted by Crippen LogP contribution is 2.41. The molecule has 3 aromatic rings. The molecule has 0 amide bonds. The molecule has 0 bridgehead atoms. The summed E-state index contributed by atoms with van der Waals surface area (Å²) in [7, 11) is 1.69. The van der Waals surface area contributed by atoms with E-state index in [4.69, 9.17) is 26.7 Å². The number of morpholine rings is 1. The Bertz CT molecular complexity index is 1160. The molecule has 7 nitrogen and oxygen atoms in total. The third-order valence-corrected chi connectivity index (χ3v) is 7.43. The quantitative estimate of drug-likeness (QED) is 0.505. The third kappa shape index (κ3) is 4.78. The van der Waals surface area contributed by atoms with E-state index in [1.54, 1.807) is 7.11 Å². The van der Waals surface area contributed by atoms with Gasteiger partial charge >= 0.3 is 0 Å². The van der Waals surface area contributed by atoms with Crippen LogP contribution in [0.4, 0.5) is 0 Å². The Hall–Kier alpha value is -2.94. The summed E-state index contributed by atoms with van der Waals surface area (Å²) in [5.41, 5.74) is 5.79. The number of aromatic nitrogens is 2. The molecule has 4 heterocycles. The van der Waals surface area contributed by atoms with E-state index in [0.29, 0.717) is 0 Å². The predicted octanol–water partition coefficient (Wildman–Crippen LogP) is 3.80. The van der Waals surface area contributed by atoms with Gasteiger partial charge in [-0.2, -0.15) is 0 Å². The monoisotopic (exact) mass is 491 g/mol. The van der Waals surface area contributed by atoms with Gasteiger partial charge in [-0.3, -0.25) is 9.88 Å². The molecule has 1 N–H and O–H groups in total. The molecule has 5 rings (SSSR count). The molecule has 0 unspecified atom stereocenters.